The number of hydrogen-bond acceptors (Lipinski definition) is 11. The van der Waals surface area contributed by atoms with E-state index in [1.165, 1.54) is 36.4 Å². The van der Waals surface area contributed by atoms with Crippen molar-refractivity contribution in [3.05, 3.63) is 140 Å². The summed E-state index contributed by atoms with van der Waals surface area (Å²) in [7, 11) is 0. The Morgan fingerprint density at radius 3 is 1.38 bits per heavy atom. The van der Waals surface area contributed by atoms with Gasteiger partial charge in [0.2, 0.25) is 6.17 Å². The summed E-state index contributed by atoms with van der Waals surface area (Å²) in [6, 6.07) is 26.8. The minimum atomic E-state index is -2.26. The van der Waals surface area contributed by atoms with Gasteiger partial charge in [0.05, 0.1) is 10.8 Å². The predicted molar refractivity (Wildman–Crippen MR) is 176 cm³/mol. The first kappa shape index (κ1) is 32.8. The largest absolute Gasteiger partial charge is 0.506 e. The molecule has 14 heteroatoms. The fraction of sp³-hybridized carbons (Fsp3) is 0.0833. The Hall–Kier alpha value is -7.09. The standard InChI is InChI=1S/C36H26N2O12/c39-27-21-13-7-15-23(47-17-19-9-3-1-4-10-19)29(21)49-35(45)25(27)32(41)37-31(34(43)44)38-33(42)26-28(40)22-14-8-16-24(30(22)50-36(26)46)48-18-20-11-5-2-6-12-20/h1-16,31,39-40H,17-18H2,(H,37,41)(H,38,42)(H,43,44). The summed E-state index contributed by atoms with van der Waals surface area (Å²) in [5, 5.41) is 35.2. The summed E-state index contributed by atoms with van der Waals surface area (Å²) in [6.45, 7) is 0.196. The van der Waals surface area contributed by atoms with Gasteiger partial charge in [-0.3, -0.25) is 9.59 Å². The molecule has 50 heavy (non-hydrogen) atoms. The number of aliphatic carboxylic acids is 1. The van der Waals surface area contributed by atoms with E-state index in [0.717, 1.165) is 11.1 Å². The van der Waals surface area contributed by atoms with Crippen LogP contribution in [0.2, 0.25) is 0 Å². The molecule has 0 atom stereocenters. The highest BCUT2D eigenvalue weighted by molar-refractivity contribution is 6.06. The second kappa shape index (κ2) is 13.9. The Morgan fingerprint density at radius 1 is 0.600 bits per heavy atom. The summed E-state index contributed by atoms with van der Waals surface area (Å²) in [4.78, 5) is 64.2. The van der Waals surface area contributed by atoms with E-state index in [-0.39, 0.29) is 46.7 Å². The van der Waals surface area contributed by atoms with Crippen LogP contribution in [0.15, 0.2) is 115 Å². The molecular weight excluding hydrogens is 652 g/mol. The zero-order chi connectivity index (χ0) is 35.4. The molecule has 4 aromatic carbocycles. The van der Waals surface area contributed by atoms with Crippen molar-refractivity contribution < 1.29 is 48.0 Å². The normalized spacial score (nSPS) is 11.0. The van der Waals surface area contributed by atoms with Gasteiger partial charge < -0.3 is 44.3 Å². The highest BCUT2D eigenvalue weighted by Crippen LogP contribution is 2.34. The lowest BCUT2D eigenvalue weighted by Gasteiger charge is -2.17. The van der Waals surface area contributed by atoms with Crippen LogP contribution in [-0.4, -0.2) is 39.3 Å². The van der Waals surface area contributed by atoms with E-state index < -0.39 is 57.8 Å². The number of carboxylic acids is 1. The number of aromatic hydroxyl groups is 2. The molecule has 0 radical (unpaired) electrons. The smallest absolute Gasteiger partial charge is 0.353 e. The molecule has 0 aliphatic heterocycles. The van der Waals surface area contributed by atoms with Crippen molar-refractivity contribution in [1.82, 2.24) is 10.6 Å². The Kier molecular flexibility index (Phi) is 9.16. The van der Waals surface area contributed by atoms with Crippen molar-refractivity contribution in [2.24, 2.45) is 0 Å². The zero-order valence-corrected chi connectivity index (χ0v) is 25.7. The topological polar surface area (TPSA) is 215 Å². The summed E-state index contributed by atoms with van der Waals surface area (Å²) in [5.74, 6) is -6.20. The lowest BCUT2D eigenvalue weighted by Crippen LogP contribution is -2.54. The van der Waals surface area contributed by atoms with Crippen LogP contribution in [0.4, 0.5) is 0 Å². The third-order valence-corrected chi connectivity index (χ3v) is 7.47. The van der Waals surface area contributed by atoms with Gasteiger partial charge in [-0.05, 0) is 35.4 Å². The Bertz CT molecular complexity index is 2210. The molecule has 2 aromatic heterocycles. The number of rotatable bonds is 11. The monoisotopic (exact) mass is 678 g/mol. The van der Waals surface area contributed by atoms with Gasteiger partial charge in [0.25, 0.3) is 11.8 Å². The average Bonchev–Trinajstić information content (AvgIpc) is 3.10. The van der Waals surface area contributed by atoms with E-state index in [9.17, 15) is 39.3 Å². The van der Waals surface area contributed by atoms with E-state index in [0.29, 0.717) is 0 Å². The highest BCUT2D eigenvalue weighted by atomic mass is 16.5. The number of fused-ring (bicyclic) bond motifs is 2. The summed E-state index contributed by atoms with van der Waals surface area (Å²) in [6.07, 6.45) is -2.26. The second-order valence-electron chi connectivity index (χ2n) is 10.8. The first-order valence-electron chi connectivity index (χ1n) is 14.9. The van der Waals surface area contributed by atoms with Crippen LogP contribution in [0.3, 0.4) is 0 Å². The minimum Gasteiger partial charge on any atom is -0.506 e. The molecular formula is C36H26N2O12. The first-order valence-corrected chi connectivity index (χ1v) is 14.9. The number of ether oxygens (including phenoxy) is 2. The maximum Gasteiger partial charge on any atom is 0.353 e. The molecule has 6 aromatic rings. The van der Waals surface area contributed by atoms with Gasteiger partial charge in [-0.15, -0.1) is 0 Å². The SMILES string of the molecule is O=C(NC(NC(=O)c1c(O)c2cccc(OCc3ccccc3)c2oc1=O)C(=O)O)c1c(O)c2cccc(OCc3ccccc3)c2oc1=O. The third-order valence-electron chi connectivity index (χ3n) is 7.47. The molecule has 252 valence electrons. The van der Waals surface area contributed by atoms with E-state index in [2.05, 4.69) is 0 Å². The van der Waals surface area contributed by atoms with Gasteiger partial charge in [-0.2, -0.15) is 0 Å². The van der Waals surface area contributed by atoms with E-state index in [1.54, 1.807) is 0 Å². The van der Waals surface area contributed by atoms with Crippen molar-refractivity contribution in [1.29, 1.82) is 0 Å². The maximum atomic E-state index is 13.1. The van der Waals surface area contributed by atoms with Crippen LogP contribution >= 0.6 is 0 Å². The van der Waals surface area contributed by atoms with Crippen molar-refractivity contribution in [3.8, 4) is 23.0 Å². The van der Waals surface area contributed by atoms with Gasteiger partial charge >= 0.3 is 17.2 Å². The van der Waals surface area contributed by atoms with E-state index in [1.807, 2.05) is 71.3 Å². The summed E-state index contributed by atoms with van der Waals surface area (Å²) >= 11 is 0. The Morgan fingerprint density at radius 2 is 1.00 bits per heavy atom. The quantitative estimate of drug-likeness (QED) is 0.0970. The van der Waals surface area contributed by atoms with Crippen LogP contribution in [0, 0.1) is 0 Å². The number of hydrogen-bond donors (Lipinski definition) is 5. The van der Waals surface area contributed by atoms with Gasteiger partial charge in [0.1, 0.15) is 24.7 Å². The highest BCUT2D eigenvalue weighted by Gasteiger charge is 2.31. The molecule has 0 unspecified atom stereocenters. The van der Waals surface area contributed by atoms with E-state index in [4.69, 9.17) is 18.3 Å². The molecule has 0 saturated heterocycles. The lowest BCUT2D eigenvalue weighted by molar-refractivity contribution is -0.139. The number of carboxylic acid groups (broad SMARTS) is 1. The van der Waals surface area contributed by atoms with Crippen molar-refractivity contribution in [3.63, 3.8) is 0 Å². The van der Waals surface area contributed by atoms with Crippen molar-refractivity contribution >= 4 is 39.7 Å². The molecule has 0 saturated carbocycles. The summed E-state index contributed by atoms with van der Waals surface area (Å²) in [5.41, 5.74) is -3.32. The van der Waals surface area contributed by atoms with Crippen LogP contribution in [-0.2, 0) is 18.0 Å². The number of benzene rings is 4. The van der Waals surface area contributed by atoms with Gasteiger partial charge in [-0.25, -0.2) is 14.4 Å². The predicted octanol–water partition coefficient (Wildman–Crippen LogP) is 4.04. The third kappa shape index (κ3) is 6.66. The van der Waals surface area contributed by atoms with Gasteiger partial charge in [0.15, 0.2) is 33.8 Å². The molecule has 2 amide bonds. The van der Waals surface area contributed by atoms with Crippen LogP contribution < -0.4 is 31.4 Å². The van der Waals surface area contributed by atoms with E-state index >= 15 is 0 Å². The van der Waals surface area contributed by atoms with Crippen molar-refractivity contribution in [2.45, 2.75) is 19.4 Å². The molecule has 2 heterocycles. The molecule has 6 rings (SSSR count). The van der Waals surface area contributed by atoms with Crippen LogP contribution in [0.5, 0.6) is 23.0 Å². The molecule has 0 spiro atoms. The molecule has 0 fully saturated rings. The van der Waals surface area contributed by atoms with Crippen molar-refractivity contribution in [2.75, 3.05) is 0 Å². The minimum absolute atomic E-state index is 0.0882. The molecule has 0 aliphatic rings. The number of nitrogens with one attached hydrogen (secondary N) is 2. The van der Waals surface area contributed by atoms with Crippen LogP contribution in [0.25, 0.3) is 21.9 Å². The zero-order valence-electron chi connectivity index (χ0n) is 25.7. The number of amides is 2. The molecule has 14 nitrogen and oxygen atoms in total. The number of carbonyl (C=O) groups excluding carboxylic acids is 2. The van der Waals surface area contributed by atoms with Gasteiger partial charge in [-0.1, -0.05) is 72.8 Å². The second-order valence-corrected chi connectivity index (χ2v) is 10.8. The Balaban J connectivity index is 1.23. The molecule has 5 N–H and O–H groups in total. The van der Waals surface area contributed by atoms with Crippen LogP contribution in [0.1, 0.15) is 31.8 Å². The fourth-order valence-corrected chi connectivity index (χ4v) is 5.03. The van der Waals surface area contributed by atoms with Gasteiger partial charge in [0, 0.05) is 0 Å². The molecule has 0 aliphatic carbocycles. The number of carbonyl (C=O) groups is 3. The fourth-order valence-electron chi connectivity index (χ4n) is 5.03. The molecule has 0 bridgehead atoms. The first-order chi connectivity index (χ1) is 24.1. The number of para-hydroxylation sites is 2. The average molecular weight is 679 g/mol. The lowest BCUT2D eigenvalue weighted by atomic mass is 10.1. The summed E-state index contributed by atoms with van der Waals surface area (Å²) < 4.78 is 22.1. The Labute approximate surface area is 280 Å². The maximum absolute atomic E-state index is 13.1.